The number of aliphatic hydroxyl groups is 1. The van der Waals surface area contributed by atoms with Crippen molar-refractivity contribution in [2.24, 2.45) is 0 Å². The van der Waals surface area contributed by atoms with Gasteiger partial charge >= 0.3 is 0 Å². The van der Waals surface area contributed by atoms with Gasteiger partial charge in [-0.05, 0) is 43.5 Å². The molecule has 1 N–H and O–H groups in total. The molecule has 4 rings (SSSR count). The summed E-state index contributed by atoms with van der Waals surface area (Å²) >= 11 is 0. The van der Waals surface area contributed by atoms with Crippen LogP contribution in [-0.4, -0.2) is 14.9 Å². The van der Waals surface area contributed by atoms with Gasteiger partial charge in [0.15, 0.2) is 5.76 Å². The van der Waals surface area contributed by atoms with E-state index < -0.39 is 0 Å². The Balaban J connectivity index is 1.89. The molecule has 120 valence electrons. The summed E-state index contributed by atoms with van der Waals surface area (Å²) < 4.78 is 7.96. The van der Waals surface area contributed by atoms with E-state index in [2.05, 4.69) is 29.8 Å². The number of hydrogen-bond donors (Lipinski definition) is 1. The first-order valence-corrected chi connectivity index (χ1v) is 8.45. The van der Waals surface area contributed by atoms with E-state index >= 15 is 0 Å². The molecular formula is C19H22N2O2. The van der Waals surface area contributed by atoms with Gasteiger partial charge in [0.25, 0.3) is 0 Å². The number of aromatic nitrogens is 2. The van der Waals surface area contributed by atoms with Gasteiger partial charge in [0.2, 0.25) is 0 Å². The summed E-state index contributed by atoms with van der Waals surface area (Å²) in [5, 5.41) is 15.4. The van der Waals surface area contributed by atoms with Crippen molar-refractivity contribution in [3.05, 3.63) is 41.7 Å². The molecule has 0 unspecified atom stereocenters. The molecule has 1 aromatic carbocycles. The van der Waals surface area contributed by atoms with E-state index in [0.29, 0.717) is 11.8 Å². The van der Waals surface area contributed by atoms with Crippen LogP contribution in [-0.2, 0) is 6.61 Å². The highest BCUT2D eigenvalue weighted by atomic mass is 16.4. The summed E-state index contributed by atoms with van der Waals surface area (Å²) in [5.74, 6) is 1.32. The van der Waals surface area contributed by atoms with Gasteiger partial charge in [0.1, 0.15) is 18.1 Å². The van der Waals surface area contributed by atoms with Crippen LogP contribution in [0.2, 0.25) is 0 Å². The van der Waals surface area contributed by atoms with Crippen molar-refractivity contribution in [1.82, 2.24) is 9.78 Å². The van der Waals surface area contributed by atoms with Crippen molar-refractivity contribution in [2.75, 3.05) is 0 Å². The lowest BCUT2D eigenvalue weighted by atomic mass is 9.95. The maximum Gasteiger partial charge on any atom is 0.155 e. The van der Waals surface area contributed by atoms with Crippen molar-refractivity contribution >= 4 is 10.9 Å². The molecule has 0 bridgehead atoms. The SMILES string of the molecule is Cc1cccc2c1c(-c1ccc(CO)o1)nn2C1CCCCC1. The fourth-order valence-electron chi connectivity index (χ4n) is 3.73. The topological polar surface area (TPSA) is 51.2 Å². The van der Waals surface area contributed by atoms with Gasteiger partial charge in [0, 0.05) is 5.39 Å². The number of furan rings is 1. The zero-order chi connectivity index (χ0) is 15.8. The molecule has 0 atom stereocenters. The lowest BCUT2D eigenvalue weighted by Crippen LogP contribution is -2.14. The van der Waals surface area contributed by atoms with Crippen LogP contribution in [0.25, 0.3) is 22.4 Å². The average Bonchev–Trinajstić information content (AvgIpc) is 3.20. The minimum absolute atomic E-state index is 0.0831. The third kappa shape index (κ3) is 2.47. The summed E-state index contributed by atoms with van der Waals surface area (Å²) in [6.07, 6.45) is 6.29. The van der Waals surface area contributed by atoms with Gasteiger partial charge < -0.3 is 9.52 Å². The highest BCUT2D eigenvalue weighted by molar-refractivity contribution is 5.94. The van der Waals surface area contributed by atoms with Crippen LogP contribution in [0.1, 0.15) is 49.5 Å². The first kappa shape index (κ1) is 14.5. The van der Waals surface area contributed by atoms with Crippen molar-refractivity contribution in [2.45, 2.75) is 51.7 Å². The number of rotatable bonds is 3. The van der Waals surface area contributed by atoms with Crippen molar-refractivity contribution < 1.29 is 9.52 Å². The predicted molar refractivity (Wildman–Crippen MR) is 90.2 cm³/mol. The Morgan fingerprint density at radius 1 is 1.17 bits per heavy atom. The van der Waals surface area contributed by atoms with E-state index in [-0.39, 0.29) is 6.61 Å². The van der Waals surface area contributed by atoms with E-state index in [0.717, 1.165) is 16.8 Å². The second-order valence-corrected chi connectivity index (χ2v) is 6.48. The summed E-state index contributed by atoms with van der Waals surface area (Å²) in [4.78, 5) is 0. The van der Waals surface area contributed by atoms with Crippen LogP contribution in [0.3, 0.4) is 0 Å². The Hall–Kier alpha value is -2.07. The molecule has 0 spiro atoms. The standard InChI is InChI=1S/C19H22N2O2/c1-13-6-5-9-16-18(13)19(17-11-10-15(12-22)23-17)20-21(16)14-7-3-2-4-8-14/h5-6,9-11,14,22H,2-4,7-8,12H2,1H3. The van der Waals surface area contributed by atoms with Crippen molar-refractivity contribution in [3.63, 3.8) is 0 Å². The average molecular weight is 310 g/mol. The lowest BCUT2D eigenvalue weighted by Gasteiger charge is -2.22. The van der Waals surface area contributed by atoms with Gasteiger partial charge in [-0.15, -0.1) is 0 Å². The molecule has 1 aliphatic carbocycles. The van der Waals surface area contributed by atoms with Crippen molar-refractivity contribution in [3.8, 4) is 11.5 Å². The second kappa shape index (κ2) is 5.85. The number of nitrogens with zero attached hydrogens (tertiary/aromatic N) is 2. The van der Waals surface area contributed by atoms with Crippen molar-refractivity contribution in [1.29, 1.82) is 0 Å². The molecule has 3 aromatic rings. The third-order valence-corrected chi connectivity index (χ3v) is 4.91. The molecule has 1 aliphatic rings. The lowest BCUT2D eigenvalue weighted by molar-refractivity contribution is 0.248. The zero-order valence-corrected chi connectivity index (χ0v) is 13.5. The van der Waals surface area contributed by atoms with E-state index in [1.165, 1.54) is 43.2 Å². The Bertz CT molecular complexity index is 825. The van der Waals surface area contributed by atoms with Crippen LogP contribution in [0, 0.1) is 6.92 Å². The zero-order valence-electron chi connectivity index (χ0n) is 13.5. The van der Waals surface area contributed by atoms with E-state index in [9.17, 15) is 5.11 Å². The maximum absolute atomic E-state index is 9.26. The predicted octanol–water partition coefficient (Wildman–Crippen LogP) is 4.60. The molecule has 0 radical (unpaired) electrons. The van der Waals surface area contributed by atoms with Crippen LogP contribution in [0.4, 0.5) is 0 Å². The number of aryl methyl sites for hydroxylation is 1. The number of hydrogen-bond acceptors (Lipinski definition) is 3. The van der Waals surface area contributed by atoms with Gasteiger partial charge in [-0.3, -0.25) is 4.68 Å². The van der Waals surface area contributed by atoms with E-state index in [1.54, 1.807) is 0 Å². The summed E-state index contributed by atoms with van der Waals surface area (Å²) in [5.41, 5.74) is 3.29. The largest absolute Gasteiger partial charge is 0.457 e. The molecule has 2 aromatic heterocycles. The summed E-state index contributed by atoms with van der Waals surface area (Å²) in [7, 11) is 0. The van der Waals surface area contributed by atoms with E-state index in [4.69, 9.17) is 9.52 Å². The highest BCUT2D eigenvalue weighted by Crippen LogP contribution is 2.36. The Kier molecular flexibility index (Phi) is 3.69. The molecular weight excluding hydrogens is 288 g/mol. The van der Waals surface area contributed by atoms with E-state index in [1.807, 2.05) is 12.1 Å². The third-order valence-electron chi connectivity index (χ3n) is 4.91. The van der Waals surface area contributed by atoms with Crippen LogP contribution in [0.5, 0.6) is 0 Å². The Morgan fingerprint density at radius 3 is 2.74 bits per heavy atom. The van der Waals surface area contributed by atoms with Gasteiger partial charge in [-0.25, -0.2) is 0 Å². The van der Waals surface area contributed by atoms with Gasteiger partial charge in [-0.1, -0.05) is 31.4 Å². The summed E-state index contributed by atoms with van der Waals surface area (Å²) in [6.45, 7) is 2.04. The fraction of sp³-hybridized carbons (Fsp3) is 0.421. The molecule has 4 nitrogen and oxygen atoms in total. The van der Waals surface area contributed by atoms with Gasteiger partial charge in [0.05, 0.1) is 11.6 Å². The molecule has 2 heterocycles. The molecule has 1 saturated carbocycles. The molecule has 0 saturated heterocycles. The smallest absolute Gasteiger partial charge is 0.155 e. The fourth-order valence-corrected chi connectivity index (χ4v) is 3.73. The minimum atomic E-state index is -0.0831. The quantitative estimate of drug-likeness (QED) is 0.769. The highest BCUT2D eigenvalue weighted by Gasteiger charge is 2.23. The molecule has 4 heteroatoms. The van der Waals surface area contributed by atoms with Crippen LogP contribution < -0.4 is 0 Å². The monoisotopic (exact) mass is 310 g/mol. The first-order chi connectivity index (χ1) is 11.3. The second-order valence-electron chi connectivity index (χ2n) is 6.48. The number of aliphatic hydroxyl groups excluding tert-OH is 1. The van der Waals surface area contributed by atoms with Crippen LogP contribution >= 0.6 is 0 Å². The molecule has 0 aliphatic heterocycles. The first-order valence-electron chi connectivity index (χ1n) is 8.45. The molecule has 1 fully saturated rings. The normalized spacial score (nSPS) is 16.3. The molecule has 0 amide bonds. The van der Waals surface area contributed by atoms with Crippen LogP contribution in [0.15, 0.2) is 34.7 Å². The Morgan fingerprint density at radius 2 is 2.00 bits per heavy atom. The summed E-state index contributed by atoms with van der Waals surface area (Å²) in [6, 6.07) is 10.6. The Labute approximate surface area is 135 Å². The minimum Gasteiger partial charge on any atom is -0.457 e. The number of fused-ring (bicyclic) bond motifs is 1. The number of benzene rings is 1. The van der Waals surface area contributed by atoms with Gasteiger partial charge in [-0.2, -0.15) is 5.10 Å². The maximum atomic E-state index is 9.26. The molecule has 23 heavy (non-hydrogen) atoms.